The van der Waals surface area contributed by atoms with Crippen LogP contribution in [0, 0.1) is 0 Å². The predicted molar refractivity (Wildman–Crippen MR) is 100 cm³/mol. The number of nitrogens with one attached hydrogen (secondary N) is 1. The molecule has 1 amide bonds. The number of benzene rings is 1. The van der Waals surface area contributed by atoms with E-state index in [-0.39, 0.29) is 5.91 Å². The molecule has 0 bridgehead atoms. The molecule has 6 nitrogen and oxygen atoms in total. The van der Waals surface area contributed by atoms with Crippen molar-refractivity contribution in [3.63, 3.8) is 0 Å². The van der Waals surface area contributed by atoms with Crippen molar-refractivity contribution in [1.82, 2.24) is 14.7 Å². The van der Waals surface area contributed by atoms with Gasteiger partial charge in [-0.05, 0) is 36.8 Å². The molecule has 1 aromatic carbocycles. The molecule has 1 aliphatic heterocycles. The smallest absolute Gasteiger partial charge is 0.271 e. The number of aromatic nitrogens is 2. The van der Waals surface area contributed by atoms with Crippen LogP contribution in [0.25, 0.3) is 5.65 Å². The number of imidazole rings is 1. The van der Waals surface area contributed by atoms with Gasteiger partial charge in [0.15, 0.2) is 0 Å². The largest absolute Gasteiger partial charge is 0.377 e. The fourth-order valence-corrected chi connectivity index (χ4v) is 3.23. The Hall–Kier alpha value is -2.86. The SMILES string of the molecule is CC1COCCN1c1ccc(CNC(=O)c2cn3ccccc3n2)cc1. The molecule has 134 valence electrons. The summed E-state index contributed by atoms with van der Waals surface area (Å²) in [4.78, 5) is 19.0. The van der Waals surface area contributed by atoms with E-state index in [2.05, 4.69) is 46.4 Å². The summed E-state index contributed by atoms with van der Waals surface area (Å²) in [6.07, 6.45) is 3.62. The van der Waals surface area contributed by atoms with Gasteiger partial charge in [-0.1, -0.05) is 18.2 Å². The van der Waals surface area contributed by atoms with Crippen LogP contribution in [0.4, 0.5) is 5.69 Å². The second-order valence-electron chi connectivity index (χ2n) is 6.56. The van der Waals surface area contributed by atoms with Crippen LogP contribution in [0.2, 0.25) is 0 Å². The minimum Gasteiger partial charge on any atom is -0.377 e. The van der Waals surface area contributed by atoms with Gasteiger partial charge in [-0.25, -0.2) is 4.98 Å². The lowest BCUT2D eigenvalue weighted by Crippen LogP contribution is -2.43. The molecule has 6 heteroatoms. The number of anilines is 1. The van der Waals surface area contributed by atoms with Crippen LogP contribution in [-0.4, -0.2) is 41.1 Å². The number of fused-ring (bicyclic) bond motifs is 1. The number of carbonyl (C=O) groups is 1. The van der Waals surface area contributed by atoms with E-state index in [9.17, 15) is 4.79 Å². The maximum absolute atomic E-state index is 12.3. The van der Waals surface area contributed by atoms with Crippen molar-refractivity contribution in [3.05, 3.63) is 66.1 Å². The molecular weight excluding hydrogens is 328 g/mol. The van der Waals surface area contributed by atoms with Gasteiger partial charge in [0.25, 0.3) is 5.91 Å². The van der Waals surface area contributed by atoms with E-state index in [4.69, 9.17) is 4.74 Å². The maximum Gasteiger partial charge on any atom is 0.271 e. The lowest BCUT2D eigenvalue weighted by Gasteiger charge is -2.35. The van der Waals surface area contributed by atoms with Crippen LogP contribution in [-0.2, 0) is 11.3 Å². The first-order valence-electron chi connectivity index (χ1n) is 8.86. The zero-order valence-electron chi connectivity index (χ0n) is 14.8. The lowest BCUT2D eigenvalue weighted by molar-refractivity contribution is 0.0946. The van der Waals surface area contributed by atoms with Gasteiger partial charge in [-0.2, -0.15) is 0 Å². The van der Waals surface area contributed by atoms with Crippen LogP contribution in [0.5, 0.6) is 0 Å². The molecule has 0 spiro atoms. The number of ether oxygens (including phenoxy) is 1. The topological polar surface area (TPSA) is 58.9 Å². The van der Waals surface area contributed by atoms with Crippen molar-refractivity contribution in [2.45, 2.75) is 19.5 Å². The number of amides is 1. The average Bonchev–Trinajstić information content (AvgIpc) is 3.11. The Kier molecular flexibility index (Phi) is 4.58. The van der Waals surface area contributed by atoms with E-state index in [1.165, 1.54) is 5.69 Å². The number of carbonyl (C=O) groups excluding carboxylic acids is 1. The van der Waals surface area contributed by atoms with Crippen molar-refractivity contribution in [3.8, 4) is 0 Å². The molecule has 0 saturated carbocycles. The van der Waals surface area contributed by atoms with Crippen molar-refractivity contribution >= 4 is 17.2 Å². The lowest BCUT2D eigenvalue weighted by atomic mass is 10.1. The summed E-state index contributed by atoms with van der Waals surface area (Å²) in [5, 5.41) is 2.94. The normalized spacial score (nSPS) is 17.4. The first-order valence-corrected chi connectivity index (χ1v) is 8.86. The molecule has 4 rings (SSSR count). The van der Waals surface area contributed by atoms with Crippen LogP contribution < -0.4 is 10.2 Å². The van der Waals surface area contributed by atoms with E-state index < -0.39 is 0 Å². The number of nitrogens with zero attached hydrogens (tertiary/aromatic N) is 3. The minimum absolute atomic E-state index is 0.167. The summed E-state index contributed by atoms with van der Waals surface area (Å²) in [5.41, 5.74) is 3.44. The van der Waals surface area contributed by atoms with E-state index in [0.29, 0.717) is 18.3 Å². The second kappa shape index (κ2) is 7.17. The molecular formula is C20H22N4O2. The van der Waals surface area contributed by atoms with Gasteiger partial charge in [-0.15, -0.1) is 0 Å². The highest BCUT2D eigenvalue weighted by atomic mass is 16.5. The Morgan fingerprint density at radius 2 is 2.12 bits per heavy atom. The molecule has 26 heavy (non-hydrogen) atoms. The molecule has 1 atom stereocenters. The van der Waals surface area contributed by atoms with Gasteiger partial charge in [0.2, 0.25) is 0 Å². The molecule has 1 fully saturated rings. The number of morpholine rings is 1. The van der Waals surface area contributed by atoms with Gasteiger partial charge in [0.1, 0.15) is 11.3 Å². The summed E-state index contributed by atoms with van der Waals surface area (Å²) in [6.45, 7) is 5.08. The van der Waals surface area contributed by atoms with Gasteiger partial charge in [-0.3, -0.25) is 4.79 Å². The first-order chi connectivity index (χ1) is 12.7. The number of pyridine rings is 1. The average molecular weight is 350 g/mol. The summed E-state index contributed by atoms with van der Waals surface area (Å²) in [7, 11) is 0. The minimum atomic E-state index is -0.167. The molecule has 2 aromatic heterocycles. The highest BCUT2D eigenvalue weighted by Gasteiger charge is 2.18. The predicted octanol–water partition coefficient (Wildman–Crippen LogP) is 2.49. The first kappa shape index (κ1) is 16.6. The fourth-order valence-electron chi connectivity index (χ4n) is 3.23. The van der Waals surface area contributed by atoms with Gasteiger partial charge in [0, 0.05) is 37.2 Å². The van der Waals surface area contributed by atoms with Crippen LogP contribution >= 0.6 is 0 Å². The monoisotopic (exact) mass is 350 g/mol. The molecule has 0 aliphatic carbocycles. The second-order valence-corrected chi connectivity index (χ2v) is 6.56. The molecule has 1 unspecified atom stereocenters. The van der Waals surface area contributed by atoms with E-state index >= 15 is 0 Å². The Balaban J connectivity index is 1.39. The highest BCUT2D eigenvalue weighted by molar-refractivity contribution is 5.92. The Morgan fingerprint density at radius 1 is 1.27 bits per heavy atom. The van der Waals surface area contributed by atoms with Crippen molar-refractivity contribution in [1.29, 1.82) is 0 Å². The van der Waals surface area contributed by atoms with Gasteiger partial charge in [0.05, 0.1) is 13.2 Å². The van der Waals surface area contributed by atoms with Crippen LogP contribution in [0.1, 0.15) is 23.0 Å². The van der Waals surface area contributed by atoms with Crippen LogP contribution in [0.3, 0.4) is 0 Å². The Labute approximate surface area is 152 Å². The quantitative estimate of drug-likeness (QED) is 0.785. The molecule has 3 aromatic rings. The maximum atomic E-state index is 12.3. The van der Waals surface area contributed by atoms with Gasteiger partial charge < -0.3 is 19.4 Å². The number of hydrogen-bond acceptors (Lipinski definition) is 4. The molecule has 1 saturated heterocycles. The third-order valence-corrected chi connectivity index (χ3v) is 4.69. The van der Waals surface area contributed by atoms with E-state index in [1.54, 1.807) is 6.20 Å². The summed E-state index contributed by atoms with van der Waals surface area (Å²) >= 11 is 0. The van der Waals surface area contributed by atoms with Crippen molar-refractivity contribution < 1.29 is 9.53 Å². The Bertz CT molecular complexity index is 871. The van der Waals surface area contributed by atoms with Gasteiger partial charge >= 0.3 is 0 Å². The van der Waals surface area contributed by atoms with Crippen LogP contribution in [0.15, 0.2) is 54.9 Å². The summed E-state index contributed by atoms with van der Waals surface area (Å²) < 4.78 is 7.33. The van der Waals surface area contributed by atoms with Crippen molar-refractivity contribution in [2.75, 3.05) is 24.7 Å². The molecule has 1 aliphatic rings. The number of hydrogen-bond donors (Lipinski definition) is 1. The number of rotatable bonds is 4. The highest BCUT2D eigenvalue weighted by Crippen LogP contribution is 2.20. The molecule has 0 radical (unpaired) electrons. The molecule has 1 N–H and O–H groups in total. The Morgan fingerprint density at radius 3 is 2.88 bits per heavy atom. The standard InChI is InChI=1S/C20H22N4O2/c1-15-14-26-11-10-24(15)17-7-5-16(6-8-17)12-21-20(25)18-13-23-9-3-2-4-19(23)22-18/h2-9,13,15H,10-12,14H2,1H3,(H,21,25). The summed E-state index contributed by atoms with van der Waals surface area (Å²) in [5.74, 6) is -0.167. The fraction of sp³-hybridized carbons (Fsp3) is 0.300. The third-order valence-electron chi connectivity index (χ3n) is 4.69. The zero-order chi connectivity index (χ0) is 17.9. The third kappa shape index (κ3) is 3.41. The van der Waals surface area contributed by atoms with E-state index in [1.807, 2.05) is 28.8 Å². The molecule has 3 heterocycles. The zero-order valence-corrected chi connectivity index (χ0v) is 14.8. The van der Waals surface area contributed by atoms with Crippen molar-refractivity contribution in [2.24, 2.45) is 0 Å². The van der Waals surface area contributed by atoms with E-state index in [0.717, 1.165) is 31.0 Å². The summed E-state index contributed by atoms with van der Waals surface area (Å²) in [6, 6.07) is 14.4.